The van der Waals surface area contributed by atoms with Gasteiger partial charge in [-0.25, -0.2) is 4.79 Å². The Morgan fingerprint density at radius 1 is 0.403 bits per heavy atom. The van der Waals surface area contributed by atoms with Crippen LogP contribution in [0.15, 0.2) is 24.3 Å². The first-order valence-corrected chi connectivity index (χ1v) is 31.0. The number of esters is 2. The largest absolute Gasteiger partial charge is 0.477 e. The van der Waals surface area contributed by atoms with Gasteiger partial charge in [-0.3, -0.25) is 9.59 Å². The Balaban J connectivity index is 4.09. The van der Waals surface area contributed by atoms with Gasteiger partial charge in [-0.15, -0.1) is 0 Å². The van der Waals surface area contributed by atoms with Gasteiger partial charge in [0.2, 0.25) is 0 Å². The Bertz CT molecular complexity index is 1230. The van der Waals surface area contributed by atoms with Crippen LogP contribution in [-0.2, 0) is 33.3 Å². The van der Waals surface area contributed by atoms with Crippen molar-refractivity contribution in [1.29, 1.82) is 0 Å². The molecule has 0 bridgehead atoms. The van der Waals surface area contributed by atoms with Crippen molar-refractivity contribution in [1.82, 2.24) is 0 Å². The van der Waals surface area contributed by atoms with Crippen molar-refractivity contribution in [3.8, 4) is 0 Å². The highest BCUT2D eigenvalue weighted by molar-refractivity contribution is 5.71. The van der Waals surface area contributed by atoms with Crippen molar-refractivity contribution >= 4 is 17.9 Å². The number of carbonyl (C=O) groups is 3. The van der Waals surface area contributed by atoms with E-state index in [0.29, 0.717) is 17.4 Å². The number of carboxylic acids is 1. The highest BCUT2D eigenvalue weighted by Gasteiger charge is 2.25. The van der Waals surface area contributed by atoms with Crippen molar-refractivity contribution in [2.24, 2.45) is 0 Å². The summed E-state index contributed by atoms with van der Waals surface area (Å²) in [5.74, 6) is -2.00. The number of unbranched alkanes of at least 4 members (excludes halogenated alkanes) is 39. The molecule has 0 saturated carbocycles. The van der Waals surface area contributed by atoms with E-state index in [-0.39, 0.29) is 32.2 Å². The third kappa shape index (κ3) is 55.5. The molecule has 0 aliphatic carbocycles. The van der Waals surface area contributed by atoms with E-state index in [0.717, 1.165) is 51.4 Å². The number of hydrogen-bond acceptors (Lipinski definition) is 7. The summed E-state index contributed by atoms with van der Waals surface area (Å²) in [6, 6.07) is 0. The van der Waals surface area contributed by atoms with Gasteiger partial charge in [-0.1, -0.05) is 250 Å². The molecule has 0 radical (unpaired) electrons. The maximum Gasteiger partial charge on any atom is 0.361 e. The van der Waals surface area contributed by atoms with E-state index in [9.17, 15) is 19.5 Å². The second-order valence-electron chi connectivity index (χ2n) is 22.4. The number of rotatable bonds is 58. The van der Waals surface area contributed by atoms with Crippen molar-refractivity contribution in [3.63, 3.8) is 0 Å². The summed E-state index contributed by atoms with van der Waals surface area (Å²) in [5, 5.41) is 9.70. The molecule has 0 aliphatic heterocycles. The molecule has 9 heteroatoms. The van der Waals surface area contributed by atoms with Crippen molar-refractivity contribution < 1.29 is 42.9 Å². The van der Waals surface area contributed by atoms with Gasteiger partial charge < -0.3 is 28.5 Å². The second-order valence-corrected chi connectivity index (χ2v) is 22.4. The van der Waals surface area contributed by atoms with E-state index in [2.05, 4.69) is 38.2 Å². The first-order valence-electron chi connectivity index (χ1n) is 31.0. The van der Waals surface area contributed by atoms with Gasteiger partial charge in [0, 0.05) is 12.8 Å². The molecule has 2 atom stereocenters. The van der Waals surface area contributed by atoms with Gasteiger partial charge in [0.25, 0.3) is 6.29 Å². The van der Waals surface area contributed by atoms with Crippen molar-refractivity contribution in [3.05, 3.63) is 24.3 Å². The monoisotopic (exact) mass is 1020 g/mol. The standard InChI is InChI=1S/C63H119NO8/c1-6-8-10-12-14-16-18-20-22-24-25-26-27-28-29-30-31-32-33-34-35-36-37-38-40-42-44-46-48-50-52-54-61(66)72-59(58-71-63(62(67)68)69-56-55-64(3,4)5)57-70-60(65)53-51-49-47-45-43-41-39-23-21-19-17-15-13-11-9-7-2/h23-25,39,59,63H,6-22,26-38,40-58H2,1-5H3/p+1/b25-24-,39-23-. The minimum atomic E-state index is -1.51. The molecule has 1 N–H and O–H groups in total. The lowest BCUT2D eigenvalue weighted by Crippen LogP contribution is -2.40. The number of carboxylic acid groups (broad SMARTS) is 1. The van der Waals surface area contributed by atoms with Crippen LogP contribution in [0.25, 0.3) is 0 Å². The van der Waals surface area contributed by atoms with Gasteiger partial charge in [-0.05, 0) is 64.2 Å². The molecule has 0 saturated heterocycles. The number of carbonyl (C=O) groups excluding carboxylic acids is 2. The van der Waals surface area contributed by atoms with Crippen LogP contribution in [0.3, 0.4) is 0 Å². The van der Waals surface area contributed by atoms with Crippen LogP contribution in [-0.4, -0.2) is 87.4 Å². The molecule has 0 aromatic rings. The molecule has 0 aliphatic rings. The lowest BCUT2D eigenvalue weighted by molar-refractivity contribution is -0.870. The Morgan fingerprint density at radius 2 is 0.708 bits per heavy atom. The Labute approximate surface area is 446 Å². The summed E-state index contributed by atoms with van der Waals surface area (Å²) in [4.78, 5) is 37.4. The van der Waals surface area contributed by atoms with Crippen LogP contribution in [0, 0.1) is 0 Å². The van der Waals surface area contributed by atoms with E-state index >= 15 is 0 Å². The molecular formula is C63H120NO8+. The summed E-state index contributed by atoms with van der Waals surface area (Å²) < 4.78 is 22.9. The van der Waals surface area contributed by atoms with Crippen LogP contribution in [0.4, 0.5) is 0 Å². The average molecular weight is 1020 g/mol. The third-order valence-electron chi connectivity index (χ3n) is 13.9. The number of aliphatic carboxylic acids is 1. The lowest BCUT2D eigenvalue weighted by Gasteiger charge is -2.25. The molecule has 0 amide bonds. The summed E-state index contributed by atoms with van der Waals surface area (Å²) >= 11 is 0. The van der Waals surface area contributed by atoms with Gasteiger partial charge in [-0.2, -0.15) is 0 Å². The highest BCUT2D eigenvalue weighted by atomic mass is 16.7. The zero-order valence-electron chi connectivity index (χ0n) is 48.4. The number of nitrogens with zero attached hydrogens (tertiary/aromatic N) is 1. The van der Waals surface area contributed by atoms with E-state index in [1.807, 2.05) is 21.1 Å². The fraction of sp³-hybridized carbons (Fsp3) is 0.889. The molecule has 0 heterocycles. The maximum atomic E-state index is 12.9. The average Bonchev–Trinajstić information content (AvgIpc) is 3.35. The fourth-order valence-corrected chi connectivity index (χ4v) is 9.12. The first kappa shape index (κ1) is 69.8. The molecule has 72 heavy (non-hydrogen) atoms. The second kappa shape index (κ2) is 55.0. The number of allylic oxidation sites excluding steroid dienone is 4. The molecule has 0 aromatic carbocycles. The van der Waals surface area contributed by atoms with Gasteiger partial charge in [0.1, 0.15) is 13.2 Å². The van der Waals surface area contributed by atoms with E-state index in [4.69, 9.17) is 18.9 Å². The number of hydrogen-bond donors (Lipinski definition) is 1. The van der Waals surface area contributed by atoms with Gasteiger partial charge in [0.15, 0.2) is 6.10 Å². The Hall–Kier alpha value is -2.23. The summed E-state index contributed by atoms with van der Waals surface area (Å²) in [7, 11) is 5.98. The van der Waals surface area contributed by atoms with E-state index in [1.54, 1.807) is 0 Å². The van der Waals surface area contributed by atoms with Crippen LogP contribution in [0.2, 0.25) is 0 Å². The number of ether oxygens (including phenoxy) is 4. The quantitative estimate of drug-likeness (QED) is 0.0211. The normalized spacial score (nSPS) is 12.8. The number of likely N-dealkylation sites (N-methyl/N-ethyl adjacent to an activating group) is 1. The molecule has 2 unspecified atom stereocenters. The molecule has 0 fully saturated rings. The topological polar surface area (TPSA) is 108 Å². The van der Waals surface area contributed by atoms with Crippen LogP contribution in [0.5, 0.6) is 0 Å². The molecule has 0 rings (SSSR count). The smallest absolute Gasteiger partial charge is 0.361 e. The molecule has 0 aromatic heterocycles. The SMILES string of the molecule is CCCCCCCCC/C=C\CCCCCCCC(=O)OCC(COC(OCC[N+](C)(C)C)C(=O)O)OC(=O)CCCCCCCCCCCCCCCCCCCCC/C=C\CCCCCCCCCC. The summed E-state index contributed by atoms with van der Waals surface area (Å²) in [6.07, 6.45) is 62.8. The summed E-state index contributed by atoms with van der Waals surface area (Å²) in [5.41, 5.74) is 0. The minimum Gasteiger partial charge on any atom is -0.477 e. The van der Waals surface area contributed by atoms with E-state index < -0.39 is 24.3 Å². The Kier molecular flexibility index (Phi) is 53.3. The molecule has 424 valence electrons. The zero-order chi connectivity index (χ0) is 52.7. The molecule has 9 nitrogen and oxygen atoms in total. The maximum absolute atomic E-state index is 12.9. The van der Waals surface area contributed by atoms with Crippen LogP contribution < -0.4 is 0 Å². The lowest BCUT2D eigenvalue weighted by atomic mass is 10.0. The van der Waals surface area contributed by atoms with Crippen molar-refractivity contribution in [2.75, 3.05) is 47.5 Å². The first-order chi connectivity index (χ1) is 35.1. The van der Waals surface area contributed by atoms with Gasteiger partial charge >= 0.3 is 17.9 Å². The third-order valence-corrected chi connectivity index (χ3v) is 13.9. The van der Waals surface area contributed by atoms with Crippen LogP contribution in [0.1, 0.15) is 303 Å². The predicted molar refractivity (Wildman–Crippen MR) is 304 cm³/mol. The molecular weight excluding hydrogens is 899 g/mol. The van der Waals surface area contributed by atoms with E-state index in [1.165, 1.54) is 225 Å². The Morgan fingerprint density at radius 3 is 1.03 bits per heavy atom. The zero-order valence-corrected chi connectivity index (χ0v) is 48.4. The number of quaternary nitrogens is 1. The highest BCUT2D eigenvalue weighted by Crippen LogP contribution is 2.17. The van der Waals surface area contributed by atoms with Crippen LogP contribution >= 0.6 is 0 Å². The predicted octanol–water partition coefficient (Wildman–Crippen LogP) is 18.3. The van der Waals surface area contributed by atoms with Crippen molar-refractivity contribution in [2.45, 2.75) is 315 Å². The fourth-order valence-electron chi connectivity index (χ4n) is 9.12. The summed E-state index contributed by atoms with van der Waals surface area (Å²) in [6.45, 7) is 4.91. The minimum absolute atomic E-state index is 0.181. The van der Waals surface area contributed by atoms with Gasteiger partial charge in [0.05, 0.1) is 34.4 Å². The molecule has 0 spiro atoms.